The number of hydrogen-bond donors (Lipinski definition) is 6. The molecule has 1 rings (SSSR count). The maximum atomic E-state index is 8.65. The monoisotopic (exact) mass is 246 g/mol. The minimum atomic E-state index is -4.86. The summed E-state index contributed by atoms with van der Waals surface area (Å²) in [7, 11) is -14.6. The van der Waals surface area contributed by atoms with Crippen LogP contribution in [0.5, 0.6) is 0 Å². The summed E-state index contributed by atoms with van der Waals surface area (Å²) in [5.41, 5.74) is 0. The molecule has 0 aromatic carbocycles. The van der Waals surface area contributed by atoms with Crippen LogP contribution >= 0.6 is 24.5 Å². The molecule has 0 unspecified atom stereocenters. The van der Waals surface area contributed by atoms with Crippen molar-refractivity contribution in [1.29, 1.82) is 0 Å². The van der Waals surface area contributed by atoms with Gasteiger partial charge in [-0.05, 0) is 0 Å². The molecule has 0 spiro atoms. The van der Waals surface area contributed by atoms with Crippen LogP contribution in [0.3, 0.4) is 0 Å². The molecule has 6 N–H and O–H groups in total. The van der Waals surface area contributed by atoms with Gasteiger partial charge in [-0.3, -0.25) is 0 Å². The van der Waals surface area contributed by atoms with Crippen molar-refractivity contribution in [3.05, 3.63) is 0 Å². The van der Waals surface area contributed by atoms with Crippen molar-refractivity contribution in [1.82, 2.24) is 0 Å². The third kappa shape index (κ3) is 3.01. The van der Waals surface area contributed by atoms with E-state index in [1.807, 2.05) is 0 Å². The zero-order valence-corrected chi connectivity index (χ0v) is 8.41. The zero-order chi connectivity index (χ0) is 9.62. The Labute approximate surface area is 67.8 Å². The Kier molecular flexibility index (Phi) is 2.72. The van der Waals surface area contributed by atoms with Gasteiger partial charge in [-0.15, -0.1) is 0 Å². The SMILES string of the molecule is O[PH]1(O)O[PH](O)(O)O[PH](O)(O)O1. The summed E-state index contributed by atoms with van der Waals surface area (Å²) in [4.78, 5) is 51.9. The summed E-state index contributed by atoms with van der Waals surface area (Å²) in [6, 6.07) is 0. The van der Waals surface area contributed by atoms with E-state index in [-0.39, 0.29) is 0 Å². The van der Waals surface area contributed by atoms with Gasteiger partial charge in [-0.2, -0.15) is 0 Å². The van der Waals surface area contributed by atoms with Gasteiger partial charge in [-0.25, -0.2) is 0 Å². The summed E-state index contributed by atoms with van der Waals surface area (Å²) >= 11 is 0. The summed E-state index contributed by atoms with van der Waals surface area (Å²) < 4.78 is 11.3. The fourth-order valence-corrected chi connectivity index (χ4v) is 6.36. The van der Waals surface area contributed by atoms with E-state index in [0.29, 0.717) is 0 Å². The molecule has 0 aromatic rings. The molecule has 1 saturated heterocycles. The first-order valence-corrected chi connectivity index (χ1v) is 7.70. The van der Waals surface area contributed by atoms with Crippen molar-refractivity contribution < 1.29 is 42.3 Å². The Morgan fingerprint density at radius 2 is 0.667 bits per heavy atom. The van der Waals surface area contributed by atoms with E-state index in [9.17, 15) is 0 Å². The standard InChI is InChI=1S/H9O9P3/c1-10(2)7-11(3,4)9-12(5,6)8-10/h1-6,10-12H. The molecule has 1 fully saturated rings. The van der Waals surface area contributed by atoms with Gasteiger partial charge in [0.25, 0.3) is 0 Å². The van der Waals surface area contributed by atoms with Crippen molar-refractivity contribution >= 4 is 24.5 Å². The molecule has 12 heavy (non-hydrogen) atoms. The maximum absolute atomic E-state index is 8.65. The average Bonchev–Trinajstić information content (AvgIpc) is 1.44. The molecular formula is H9O9P3. The van der Waals surface area contributed by atoms with Crippen LogP contribution in [-0.2, 0) is 12.9 Å². The predicted octanol–water partition coefficient (Wildman–Crippen LogP) is -1.77. The van der Waals surface area contributed by atoms with Crippen LogP contribution in [0.25, 0.3) is 0 Å². The van der Waals surface area contributed by atoms with Crippen molar-refractivity contribution in [3.8, 4) is 0 Å². The van der Waals surface area contributed by atoms with Gasteiger partial charge in [0.15, 0.2) is 0 Å². The topological polar surface area (TPSA) is 149 Å². The van der Waals surface area contributed by atoms with E-state index < -0.39 is 24.5 Å². The third-order valence-corrected chi connectivity index (χ3v) is 7.18. The van der Waals surface area contributed by atoms with Crippen LogP contribution in [0.1, 0.15) is 0 Å². The predicted molar refractivity (Wildman–Crippen MR) is 41.5 cm³/mol. The van der Waals surface area contributed by atoms with Crippen molar-refractivity contribution in [2.75, 3.05) is 0 Å². The van der Waals surface area contributed by atoms with Gasteiger partial charge < -0.3 is 0 Å². The molecule has 1 aliphatic rings. The van der Waals surface area contributed by atoms with Crippen LogP contribution in [-0.4, -0.2) is 29.4 Å². The second kappa shape index (κ2) is 2.96. The van der Waals surface area contributed by atoms with E-state index in [4.69, 9.17) is 29.4 Å². The van der Waals surface area contributed by atoms with Crippen LogP contribution in [0, 0.1) is 0 Å². The molecule has 1 heterocycles. The van der Waals surface area contributed by atoms with Crippen molar-refractivity contribution in [2.45, 2.75) is 0 Å². The number of hydrogen-bond acceptors (Lipinski definition) is 9. The number of rotatable bonds is 0. The fraction of sp³-hybridized carbons (Fsp3) is 0. The van der Waals surface area contributed by atoms with Crippen LogP contribution < -0.4 is 0 Å². The summed E-state index contributed by atoms with van der Waals surface area (Å²) in [6.45, 7) is 0. The Balaban J connectivity index is 2.81. The molecule has 1 aliphatic heterocycles. The van der Waals surface area contributed by atoms with E-state index in [1.54, 1.807) is 0 Å². The first-order valence-electron chi connectivity index (χ1n) is 2.57. The van der Waals surface area contributed by atoms with Gasteiger partial charge in [0.1, 0.15) is 0 Å². The summed E-state index contributed by atoms with van der Waals surface area (Å²) in [5, 5.41) is 0. The molecule has 0 atom stereocenters. The van der Waals surface area contributed by atoms with Gasteiger partial charge >= 0.3 is 66.8 Å². The normalized spacial score (nSPS) is 39.5. The molecule has 0 aromatic heterocycles. The quantitative estimate of drug-likeness (QED) is 0.273. The molecule has 9 nitrogen and oxygen atoms in total. The van der Waals surface area contributed by atoms with E-state index in [2.05, 4.69) is 12.9 Å². The van der Waals surface area contributed by atoms with E-state index in [0.717, 1.165) is 0 Å². The van der Waals surface area contributed by atoms with E-state index >= 15 is 0 Å². The van der Waals surface area contributed by atoms with Gasteiger partial charge in [0, 0.05) is 0 Å². The molecule has 0 bridgehead atoms. The van der Waals surface area contributed by atoms with Gasteiger partial charge in [0.05, 0.1) is 0 Å². The fourth-order valence-electron chi connectivity index (χ4n) is 0.582. The molecule has 0 radical (unpaired) electrons. The molecule has 78 valence electrons. The Morgan fingerprint density at radius 1 is 0.500 bits per heavy atom. The van der Waals surface area contributed by atoms with E-state index in [1.165, 1.54) is 0 Å². The second-order valence-electron chi connectivity index (χ2n) is 1.95. The van der Waals surface area contributed by atoms with Gasteiger partial charge in [0.2, 0.25) is 0 Å². The summed E-state index contributed by atoms with van der Waals surface area (Å²) in [5.74, 6) is 0. The Bertz CT molecular complexity index is 137. The van der Waals surface area contributed by atoms with Gasteiger partial charge in [-0.1, -0.05) is 0 Å². The first kappa shape index (κ1) is 11.0. The Morgan fingerprint density at radius 3 is 0.833 bits per heavy atom. The summed E-state index contributed by atoms with van der Waals surface area (Å²) in [6.07, 6.45) is 0. The Hall–Kier alpha value is 0.930. The zero-order valence-electron chi connectivity index (χ0n) is 5.41. The first-order chi connectivity index (χ1) is 5.12. The molecule has 12 heteroatoms. The molecule has 0 aliphatic carbocycles. The van der Waals surface area contributed by atoms with Crippen molar-refractivity contribution in [3.63, 3.8) is 0 Å². The van der Waals surface area contributed by atoms with Crippen LogP contribution in [0.15, 0.2) is 0 Å². The average molecular weight is 246 g/mol. The second-order valence-corrected chi connectivity index (χ2v) is 7.69. The molecular weight excluding hydrogens is 237 g/mol. The minimum absolute atomic E-state index is 3.77. The molecule has 0 amide bonds. The third-order valence-electron chi connectivity index (χ3n) is 0.798. The van der Waals surface area contributed by atoms with Crippen molar-refractivity contribution in [2.24, 2.45) is 0 Å². The molecule has 0 saturated carbocycles. The van der Waals surface area contributed by atoms with Crippen LogP contribution in [0.4, 0.5) is 0 Å². The van der Waals surface area contributed by atoms with Crippen LogP contribution in [0.2, 0.25) is 0 Å².